The fourth-order valence-corrected chi connectivity index (χ4v) is 2.74. The molecule has 1 unspecified atom stereocenters. The molecule has 0 aliphatic rings. The zero-order chi connectivity index (χ0) is 15.2. The van der Waals surface area contributed by atoms with E-state index in [1.54, 1.807) is 12.1 Å². The topological polar surface area (TPSA) is 17.0 Å². The van der Waals surface area contributed by atoms with Crippen LogP contribution in [0.15, 0.2) is 36.7 Å². The molecule has 2 nitrogen and oxygen atoms in total. The van der Waals surface area contributed by atoms with Crippen LogP contribution in [0.2, 0.25) is 5.02 Å². The second kappa shape index (κ2) is 7.62. The maximum atomic E-state index is 13.8. The average molecular weight is 309 g/mol. The van der Waals surface area contributed by atoms with Crippen LogP contribution < -0.4 is 5.32 Å². The summed E-state index contributed by atoms with van der Waals surface area (Å²) in [5.41, 5.74) is 1.86. The van der Waals surface area contributed by atoms with Gasteiger partial charge in [-0.1, -0.05) is 31.9 Å². The number of rotatable bonds is 7. The highest BCUT2D eigenvalue weighted by molar-refractivity contribution is 6.30. The van der Waals surface area contributed by atoms with Crippen molar-refractivity contribution in [1.29, 1.82) is 0 Å². The van der Waals surface area contributed by atoms with Crippen molar-refractivity contribution in [2.24, 2.45) is 0 Å². The van der Waals surface area contributed by atoms with Crippen molar-refractivity contribution in [3.05, 3.63) is 58.6 Å². The largest absolute Gasteiger partial charge is 0.349 e. The molecule has 1 atom stereocenters. The highest BCUT2D eigenvalue weighted by Gasteiger charge is 2.11. The Morgan fingerprint density at radius 3 is 2.81 bits per heavy atom. The fourth-order valence-electron chi connectivity index (χ4n) is 2.55. The lowest BCUT2D eigenvalue weighted by Gasteiger charge is -2.15. The molecule has 0 aliphatic heterocycles. The number of hydrogen-bond acceptors (Lipinski definition) is 1. The van der Waals surface area contributed by atoms with Gasteiger partial charge in [0.05, 0.1) is 0 Å². The van der Waals surface area contributed by atoms with Gasteiger partial charge in [-0.25, -0.2) is 4.39 Å². The summed E-state index contributed by atoms with van der Waals surface area (Å²) in [4.78, 5) is 0. The first kappa shape index (κ1) is 16.1. The second-order valence-corrected chi connectivity index (χ2v) is 5.69. The Hall–Kier alpha value is -1.32. The number of halogens is 2. The highest BCUT2D eigenvalue weighted by atomic mass is 35.5. The molecule has 0 bridgehead atoms. The molecule has 0 saturated heterocycles. The second-order valence-electron chi connectivity index (χ2n) is 5.25. The first-order valence-corrected chi connectivity index (χ1v) is 7.84. The van der Waals surface area contributed by atoms with Crippen LogP contribution in [0.25, 0.3) is 0 Å². The van der Waals surface area contributed by atoms with Crippen molar-refractivity contribution < 1.29 is 4.39 Å². The van der Waals surface area contributed by atoms with Crippen molar-refractivity contribution in [2.45, 2.75) is 39.3 Å². The monoisotopic (exact) mass is 308 g/mol. The number of hydrogen-bond donors (Lipinski definition) is 1. The molecule has 21 heavy (non-hydrogen) atoms. The molecule has 1 N–H and O–H groups in total. The number of nitrogens with zero attached hydrogens (tertiary/aromatic N) is 1. The van der Waals surface area contributed by atoms with E-state index in [0.29, 0.717) is 23.2 Å². The van der Waals surface area contributed by atoms with E-state index < -0.39 is 0 Å². The van der Waals surface area contributed by atoms with Gasteiger partial charge < -0.3 is 9.88 Å². The SMILES string of the molecule is CCCC(NCC)c1ccn(Cc2cc(Cl)ccc2F)c1. The van der Waals surface area contributed by atoms with Crippen molar-refractivity contribution >= 4 is 11.6 Å². The normalized spacial score (nSPS) is 12.6. The van der Waals surface area contributed by atoms with E-state index in [-0.39, 0.29) is 5.82 Å². The van der Waals surface area contributed by atoms with E-state index in [1.165, 1.54) is 11.6 Å². The Labute approximate surface area is 130 Å². The third-order valence-corrected chi connectivity index (χ3v) is 3.80. The molecular formula is C17H22ClFN2. The van der Waals surface area contributed by atoms with E-state index in [2.05, 4.69) is 31.4 Å². The molecule has 0 aliphatic carbocycles. The molecule has 4 heteroatoms. The van der Waals surface area contributed by atoms with Gasteiger partial charge in [0.15, 0.2) is 0 Å². The summed E-state index contributed by atoms with van der Waals surface area (Å²) in [6.45, 7) is 5.74. The zero-order valence-electron chi connectivity index (χ0n) is 12.6. The van der Waals surface area contributed by atoms with Crippen molar-refractivity contribution in [2.75, 3.05) is 6.54 Å². The molecule has 0 saturated carbocycles. The number of benzene rings is 1. The Morgan fingerprint density at radius 1 is 1.29 bits per heavy atom. The van der Waals surface area contributed by atoms with Gasteiger partial charge in [-0.15, -0.1) is 0 Å². The van der Waals surface area contributed by atoms with Crippen molar-refractivity contribution in [3.8, 4) is 0 Å². The molecule has 0 fully saturated rings. The molecule has 1 aromatic heterocycles. The van der Waals surface area contributed by atoms with Gasteiger partial charge in [0.1, 0.15) is 5.82 Å². The molecule has 0 amide bonds. The van der Waals surface area contributed by atoms with Crippen LogP contribution >= 0.6 is 11.6 Å². The quantitative estimate of drug-likeness (QED) is 0.779. The number of nitrogens with one attached hydrogen (secondary N) is 1. The van der Waals surface area contributed by atoms with Crippen LogP contribution in [0.5, 0.6) is 0 Å². The van der Waals surface area contributed by atoms with Crippen LogP contribution in [-0.4, -0.2) is 11.1 Å². The Morgan fingerprint density at radius 2 is 2.10 bits per heavy atom. The molecule has 2 rings (SSSR count). The maximum Gasteiger partial charge on any atom is 0.128 e. The van der Waals surface area contributed by atoms with Gasteiger partial charge >= 0.3 is 0 Å². The first-order valence-electron chi connectivity index (χ1n) is 7.47. The Kier molecular flexibility index (Phi) is 5.83. The average Bonchev–Trinajstić information content (AvgIpc) is 2.91. The third kappa shape index (κ3) is 4.32. The van der Waals surface area contributed by atoms with Crippen LogP contribution in [0, 0.1) is 5.82 Å². The van der Waals surface area contributed by atoms with Gasteiger partial charge in [0, 0.05) is 35.6 Å². The van der Waals surface area contributed by atoms with Crippen LogP contribution in [0.1, 0.15) is 43.9 Å². The van der Waals surface area contributed by atoms with Crippen molar-refractivity contribution in [1.82, 2.24) is 9.88 Å². The first-order chi connectivity index (χ1) is 10.1. The molecule has 1 aromatic carbocycles. The minimum Gasteiger partial charge on any atom is -0.349 e. The molecule has 2 aromatic rings. The van der Waals surface area contributed by atoms with E-state index in [4.69, 9.17) is 11.6 Å². The summed E-state index contributed by atoms with van der Waals surface area (Å²) in [6.07, 6.45) is 6.31. The summed E-state index contributed by atoms with van der Waals surface area (Å²) >= 11 is 5.94. The molecule has 114 valence electrons. The molecule has 1 heterocycles. The van der Waals surface area contributed by atoms with Crippen molar-refractivity contribution in [3.63, 3.8) is 0 Å². The third-order valence-electron chi connectivity index (χ3n) is 3.56. The lowest BCUT2D eigenvalue weighted by molar-refractivity contribution is 0.508. The number of aromatic nitrogens is 1. The van der Waals surface area contributed by atoms with Crippen LogP contribution in [0.3, 0.4) is 0 Å². The smallest absolute Gasteiger partial charge is 0.128 e. The summed E-state index contributed by atoms with van der Waals surface area (Å²) in [5.74, 6) is -0.216. The van der Waals surface area contributed by atoms with Crippen LogP contribution in [-0.2, 0) is 6.54 Å². The van der Waals surface area contributed by atoms with E-state index in [1.807, 2.05) is 10.8 Å². The summed E-state index contributed by atoms with van der Waals surface area (Å²) < 4.78 is 15.8. The summed E-state index contributed by atoms with van der Waals surface area (Å²) in [6, 6.07) is 7.14. The maximum absolute atomic E-state index is 13.8. The van der Waals surface area contributed by atoms with Gasteiger partial charge in [-0.05, 0) is 42.8 Å². The molecule has 0 radical (unpaired) electrons. The predicted octanol–water partition coefficient (Wildman–Crippen LogP) is 4.78. The fraction of sp³-hybridized carbons (Fsp3) is 0.412. The Balaban J connectivity index is 2.13. The van der Waals surface area contributed by atoms with Gasteiger partial charge in [0.25, 0.3) is 0 Å². The van der Waals surface area contributed by atoms with Crippen LogP contribution in [0.4, 0.5) is 4.39 Å². The lowest BCUT2D eigenvalue weighted by Crippen LogP contribution is -2.20. The lowest BCUT2D eigenvalue weighted by atomic mass is 10.1. The van der Waals surface area contributed by atoms with E-state index in [9.17, 15) is 4.39 Å². The minimum absolute atomic E-state index is 0.216. The molecular weight excluding hydrogens is 287 g/mol. The summed E-state index contributed by atoms with van der Waals surface area (Å²) in [5, 5.41) is 4.05. The van der Waals surface area contributed by atoms with Gasteiger partial charge in [-0.3, -0.25) is 0 Å². The zero-order valence-corrected chi connectivity index (χ0v) is 13.3. The molecule has 0 spiro atoms. The Bertz CT molecular complexity index is 574. The van der Waals surface area contributed by atoms with Gasteiger partial charge in [0.2, 0.25) is 0 Å². The summed E-state index contributed by atoms with van der Waals surface area (Å²) in [7, 11) is 0. The van der Waals surface area contributed by atoms with Gasteiger partial charge in [-0.2, -0.15) is 0 Å². The minimum atomic E-state index is -0.216. The predicted molar refractivity (Wildman–Crippen MR) is 86.3 cm³/mol. The highest BCUT2D eigenvalue weighted by Crippen LogP contribution is 2.21. The standard InChI is InChI=1S/C17H22ClFN2/c1-3-5-17(20-4-2)13-8-9-21(11-13)12-14-10-15(18)6-7-16(14)19/h6-11,17,20H,3-5,12H2,1-2H3. The van der Waals surface area contributed by atoms with E-state index in [0.717, 1.165) is 19.4 Å². The van der Waals surface area contributed by atoms with E-state index >= 15 is 0 Å².